The SMILES string of the molecule is COc1ccccc1C(=O)Nc1nc(-c2ccco2)c(C2(C=O)CC2)s1. The lowest BCUT2D eigenvalue weighted by molar-refractivity contribution is -0.109. The maximum Gasteiger partial charge on any atom is 0.261 e. The molecule has 3 aromatic rings. The van der Waals surface area contributed by atoms with E-state index in [1.807, 2.05) is 0 Å². The van der Waals surface area contributed by atoms with E-state index in [1.54, 1.807) is 42.7 Å². The summed E-state index contributed by atoms with van der Waals surface area (Å²) in [5.41, 5.74) is 0.524. The van der Waals surface area contributed by atoms with Crippen molar-refractivity contribution in [1.82, 2.24) is 4.98 Å². The third-order valence-electron chi connectivity index (χ3n) is 4.42. The second kappa shape index (κ2) is 6.42. The van der Waals surface area contributed by atoms with Crippen LogP contribution in [0.4, 0.5) is 5.13 Å². The largest absolute Gasteiger partial charge is 0.496 e. The highest BCUT2D eigenvalue weighted by atomic mass is 32.1. The summed E-state index contributed by atoms with van der Waals surface area (Å²) in [6.07, 6.45) is 4.10. The molecule has 1 fully saturated rings. The summed E-state index contributed by atoms with van der Waals surface area (Å²) in [7, 11) is 1.52. The van der Waals surface area contributed by atoms with Crippen LogP contribution in [-0.2, 0) is 10.2 Å². The number of aldehydes is 1. The number of thiazole rings is 1. The highest BCUT2D eigenvalue weighted by Gasteiger charge is 2.48. The summed E-state index contributed by atoms with van der Waals surface area (Å²) in [5.74, 6) is 0.756. The second-order valence-corrected chi connectivity index (χ2v) is 7.10. The van der Waals surface area contributed by atoms with Crippen LogP contribution in [0.2, 0.25) is 0 Å². The van der Waals surface area contributed by atoms with Crippen LogP contribution < -0.4 is 10.1 Å². The van der Waals surface area contributed by atoms with Gasteiger partial charge in [-0.05, 0) is 37.1 Å². The molecule has 0 atom stereocenters. The number of hydrogen-bond donors (Lipinski definition) is 1. The van der Waals surface area contributed by atoms with Gasteiger partial charge < -0.3 is 13.9 Å². The number of carbonyl (C=O) groups excluding carboxylic acids is 2. The molecule has 7 heteroatoms. The Balaban J connectivity index is 1.69. The van der Waals surface area contributed by atoms with Gasteiger partial charge in [0.15, 0.2) is 10.9 Å². The van der Waals surface area contributed by atoms with Crippen molar-refractivity contribution in [3.05, 3.63) is 53.1 Å². The van der Waals surface area contributed by atoms with Gasteiger partial charge in [0.25, 0.3) is 5.91 Å². The molecule has 0 saturated heterocycles. The number of methoxy groups -OCH3 is 1. The van der Waals surface area contributed by atoms with Crippen molar-refractivity contribution in [2.45, 2.75) is 18.3 Å². The number of aromatic nitrogens is 1. The summed E-state index contributed by atoms with van der Waals surface area (Å²) >= 11 is 1.31. The number of carbonyl (C=O) groups is 2. The van der Waals surface area contributed by atoms with Gasteiger partial charge in [-0.2, -0.15) is 0 Å². The van der Waals surface area contributed by atoms with Crippen molar-refractivity contribution in [1.29, 1.82) is 0 Å². The topological polar surface area (TPSA) is 81.4 Å². The van der Waals surface area contributed by atoms with Crippen LogP contribution in [0.25, 0.3) is 11.5 Å². The van der Waals surface area contributed by atoms with Gasteiger partial charge in [-0.25, -0.2) is 4.98 Å². The Kier molecular flexibility index (Phi) is 4.08. The molecule has 1 aromatic carbocycles. The molecule has 132 valence electrons. The Bertz CT molecular complexity index is 958. The maximum absolute atomic E-state index is 12.6. The van der Waals surface area contributed by atoms with E-state index in [0.29, 0.717) is 27.9 Å². The van der Waals surface area contributed by atoms with Crippen molar-refractivity contribution < 1.29 is 18.7 Å². The Labute approximate surface area is 153 Å². The Morgan fingerprint density at radius 1 is 1.31 bits per heavy atom. The standard InChI is InChI=1S/C19H16N2O4S/c1-24-13-6-3-2-5-12(13)17(23)21-18-20-15(14-7-4-10-25-14)16(26-18)19(11-22)8-9-19/h2-7,10-11H,8-9H2,1H3,(H,20,21,23). The normalized spacial score (nSPS) is 14.7. The predicted octanol–water partition coefficient (Wildman–Crippen LogP) is 3.89. The van der Waals surface area contributed by atoms with Crippen molar-refractivity contribution in [3.63, 3.8) is 0 Å². The molecule has 1 N–H and O–H groups in total. The highest BCUT2D eigenvalue weighted by molar-refractivity contribution is 7.16. The van der Waals surface area contributed by atoms with Crippen molar-refractivity contribution in [2.24, 2.45) is 0 Å². The molecule has 26 heavy (non-hydrogen) atoms. The van der Waals surface area contributed by atoms with Gasteiger partial charge in [0.1, 0.15) is 17.7 Å². The fraction of sp³-hybridized carbons (Fsp3) is 0.211. The summed E-state index contributed by atoms with van der Waals surface area (Å²) < 4.78 is 10.7. The molecular formula is C19H16N2O4S. The number of nitrogens with zero attached hydrogens (tertiary/aromatic N) is 1. The summed E-state index contributed by atoms with van der Waals surface area (Å²) in [4.78, 5) is 29.6. The molecule has 0 spiro atoms. The van der Waals surface area contributed by atoms with Crippen molar-refractivity contribution in [2.75, 3.05) is 12.4 Å². The molecule has 2 aromatic heterocycles. The van der Waals surface area contributed by atoms with Gasteiger partial charge in [0.05, 0.1) is 29.2 Å². The third-order valence-corrected chi connectivity index (χ3v) is 5.61. The number of rotatable bonds is 6. The van der Waals surface area contributed by atoms with E-state index in [1.165, 1.54) is 18.4 Å². The maximum atomic E-state index is 12.6. The molecule has 0 aliphatic heterocycles. The van der Waals surface area contributed by atoms with E-state index in [9.17, 15) is 9.59 Å². The molecule has 0 bridgehead atoms. The highest BCUT2D eigenvalue weighted by Crippen LogP contribution is 2.52. The lowest BCUT2D eigenvalue weighted by Gasteiger charge is -2.07. The first-order valence-electron chi connectivity index (χ1n) is 8.13. The number of hydrogen-bond acceptors (Lipinski definition) is 6. The van der Waals surface area contributed by atoms with Gasteiger partial charge in [-0.3, -0.25) is 10.1 Å². The van der Waals surface area contributed by atoms with Crippen LogP contribution in [0.1, 0.15) is 28.1 Å². The lowest BCUT2D eigenvalue weighted by Crippen LogP contribution is -2.12. The summed E-state index contributed by atoms with van der Waals surface area (Å²) in [6, 6.07) is 10.5. The number of amides is 1. The minimum atomic E-state index is -0.507. The quantitative estimate of drug-likeness (QED) is 0.668. The van der Waals surface area contributed by atoms with Crippen LogP contribution >= 0.6 is 11.3 Å². The number of nitrogens with one attached hydrogen (secondary N) is 1. The molecule has 2 heterocycles. The van der Waals surface area contributed by atoms with E-state index >= 15 is 0 Å². The first kappa shape index (κ1) is 16.5. The van der Waals surface area contributed by atoms with Gasteiger partial charge in [-0.15, -0.1) is 0 Å². The predicted molar refractivity (Wildman–Crippen MR) is 97.7 cm³/mol. The summed E-state index contributed by atoms with van der Waals surface area (Å²) in [6.45, 7) is 0. The molecule has 1 saturated carbocycles. The van der Waals surface area contributed by atoms with Gasteiger partial charge in [0.2, 0.25) is 0 Å². The van der Waals surface area contributed by atoms with Crippen molar-refractivity contribution in [3.8, 4) is 17.2 Å². The van der Waals surface area contributed by atoms with Gasteiger partial charge in [-0.1, -0.05) is 23.5 Å². The zero-order valence-electron chi connectivity index (χ0n) is 14.0. The average Bonchev–Trinajstić information content (AvgIpc) is 3.07. The number of benzene rings is 1. The first-order valence-corrected chi connectivity index (χ1v) is 8.94. The number of furan rings is 1. The molecular weight excluding hydrogens is 352 g/mol. The molecule has 1 amide bonds. The second-order valence-electron chi connectivity index (χ2n) is 6.10. The number of para-hydroxylation sites is 1. The van der Waals surface area contributed by atoms with Crippen LogP contribution in [0, 0.1) is 0 Å². The molecule has 1 aliphatic rings. The third kappa shape index (κ3) is 2.80. The first-order chi connectivity index (χ1) is 12.7. The molecule has 1 aliphatic carbocycles. The average molecular weight is 368 g/mol. The van der Waals surface area contributed by atoms with Crippen LogP contribution in [0.3, 0.4) is 0 Å². The van der Waals surface area contributed by atoms with E-state index in [-0.39, 0.29) is 5.91 Å². The monoisotopic (exact) mass is 368 g/mol. The zero-order chi connectivity index (χ0) is 18.1. The smallest absolute Gasteiger partial charge is 0.261 e. The fourth-order valence-electron chi connectivity index (χ4n) is 2.82. The minimum Gasteiger partial charge on any atom is -0.496 e. The molecule has 6 nitrogen and oxygen atoms in total. The Hall–Kier alpha value is -2.93. The van der Waals surface area contributed by atoms with E-state index in [4.69, 9.17) is 9.15 Å². The summed E-state index contributed by atoms with van der Waals surface area (Å²) in [5, 5.41) is 3.24. The number of anilines is 1. The fourth-order valence-corrected chi connectivity index (χ4v) is 3.99. The van der Waals surface area contributed by atoms with Gasteiger partial charge in [0, 0.05) is 0 Å². The van der Waals surface area contributed by atoms with Crippen LogP contribution in [0.5, 0.6) is 5.75 Å². The van der Waals surface area contributed by atoms with Crippen LogP contribution in [0.15, 0.2) is 47.1 Å². The van der Waals surface area contributed by atoms with Gasteiger partial charge >= 0.3 is 0 Å². The van der Waals surface area contributed by atoms with E-state index in [2.05, 4.69) is 10.3 Å². The molecule has 0 unspecified atom stereocenters. The zero-order valence-corrected chi connectivity index (χ0v) is 14.8. The minimum absolute atomic E-state index is 0.315. The van der Waals surface area contributed by atoms with Crippen LogP contribution in [-0.4, -0.2) is 24.3 Å². The number of ether oxygens (including phenoxy) is 1. The van der Waals surface area contributed by atoms with Crippen molar-refractivity contribution >= 4 is 28.7 Å². The molecule has 0 radical (unpaired) electrons. The molecule has 4 rings (SSSR count). The Morgan fingerprint density at radius 3 is 2.77 bits per heavy atom. The van der Waals surface area contributed by atoms with E-state index in [0.717, 1.165) is 24.0 Å². The Morgan fingerprint density at radius 2 is 2.12 bits per heavy atom. The van der Waals surface area contributed by atoms with E-state index < -0.39 is 5.41 Å². The lowest BCUT2D eigenvalue weighted by atomic mass is 10.0.